The van der Waals surface area contributed by atoms with Gasteiger partial charge in [-0.2, -0.15) is 11.3 Å². The molecule has 2 aromatic carbocycles. The first-order valence-corrected chi connectivity index (χ1v) is 14.0. The molecule has 7 heteroatoms. The fraction of sp³-hybridized carbons (Fsp3) is 0.400. The van der Waals surface area contributed by atoms with Crippen molar-refractivity contribution >= 4 is 28.8 Å². The number of carbonyl (C=O) groups excluding carboxylic acids is 2. The van der Waals surface area contributed by atoms with Crippen LogP contribution in [-0.2, 0) is 22.7 Å². The lowest BCUT2D eigenvalue weighted by Gasteiger charge is -2.32. The molecule has 2 amide bonds. The number of thiophene rings is 1. The van der Waals surface area contributed by atoms with Gasteiger partial charge in [0.05, 0.1) is 13.1 Å². The first-order valence-electron chi connectivity index (χ1n) is 13.0. The summed E-state index contributed by atoms with van der Waals surface area (Å²) in [6, 6.07) is 16.7. The molecule has 0 fully saturated rings. The van der Waals surface area contributed by atoms with Crippen molar-refractivity contribution in [2.45, 2.75) is 46.7 Å². The third-order valence-corrected chi connectivity index (χ3v) is 7.64. The van der Waals surface area contributed by atoms with Gasteiger partial charge in [0, 0.05) is 32.4 Å². The first-order chi connectivity index (χ1) is 17.8. The van der Waals surface area contributed by atoms with Gasteiger partial charge in [-0.1, -0.05) is 50.2 Å². The summed E-state index contributed by atoms with van der Waals surface area (Å²) in [6.07, 6.45) is 2.03. The van der Waals surface area contributed by atoms with Crippen molar-refractivity contribution in [3.8, 4) is 11.1 Å². The zero-order valence-corrected chi connectivity index (χ0v) is 23.2. The zero-order valence-electron chi connectivity index (χ0n) is 22.4. The van der Waals surface area contributed by atoms with Crippen LogP contribution in [0.4, 0.5) is 5.69 Å². The molecule has 0 unspecified atom stereocenters. The Morgan fingerprint density at radius 3 is 2.41 bits per heavy atom. The van der Waals surface area contributed by atoms with Crippen molar-refractivity contribution < 1.29 is 9.59 Å². The number of anilines is 1. The molecule has 37 heavy (non-hydrogen) atoms. The molecule has 0 spiro atoms. The van der Waals surface area contributed by atoms with Gasteiger partial charge in [-0.15, -0.1) is 0 Å². The van der Waals surface area contributed by atoms with Crippen molar-refractivity contribution in [1.82, 2.24) is 15.3 Å². The molecule has 1 aliphatic heterocycles. The predicted molar refractivity (Wildman–Crippen MR) is 152 cm³/mol. The first kappa shape index (κ1) is 26.9. The van der Waals surface area contributed by atoms with Gasteiger partial charge in [-0.05, 0) is 76.4 Å². The van der Waals surface area contributed by atoms with Gasteiger partial charge in [0.1, 0.15) is 0 Å². The van der Waals surface area contributed by atoms with Crippen LogP contribution in [0, 0.1) is 12.8 Å². The van der Waals surface area contributed by atoms with E-state index in [1.807, 2.05) is 31.0 Å². The number of rotatable bonds is 11. The lowest BCUT2D eigenvalue weighted by Crippen LogP contribution is -2.48. The highest BCUT2D eigenvalue weighted by Gasteiger charge is 2.27. The van der Waals surface area contributed by atoms with E-state index in [0.717, 1.165) is 35.2 Å². The number of hydrogen-bond acceptors (Lipinski definition) is 5. The number of nitrogens with zero attached hydrogens (tertiary/aromatic N) is 3. The maximum absolute atomic E-state index is 13.5. The van der Waals surface area contributed by atoms with Crippen LogP contribution in [0.5, 0.6) is 0 Å². The third-order valence-electron chi connectivity index (χ3n) is 6.95. The van der Waals surface area contributed by atoms with E-state index < -0.39 is 0 Å². The summed E-state index contributed by atoms with van der Waals surface area (Å²) in [6.45, 7) is 8.74. The number of hydrazine groups is 1. The van der Waals surface area contributed by atoms with Gasteiger partial charge < -0.3 is 10.2 Å². The average Bonchev–Trinajstić information content (AvgIpc) is 3.56. The van der Waals surface area contributed by atoms with Crippen molar-refractivity contribution in [1.29, 1.82) is 0 Å². The fourth-order valence-corrected chi connectivity index (χ4v) is 5.37. The minimum atomic E-state index is -0.0619. The summed E-state index contributed by atoms with van der Waals surface area (Å²) in [4.78, 5) is 28.4. The van der Waals surface area contributed by atoms with Crippen LogP contribution in [0.2, 0.25) is 0 Å². The smallest absolute Gasteiger partial charge is 0.256 e. The Kier molecular flexibility index (Phi) is 9.00. The van der Waals surface area contributed by atoms with E-state index in [0.29, 0.717) is 25.6 Å². The number of amides is 2. The van der Waals surface area contributed by atoms with Gasteiger partial charge >= 0.3 is 0 Å². The van der Waals surface area contributed by atoms with Crippen molar-refractivity contribution in [2.24, 2.45) is 5.92 Å². The van der Waals surface area contributed by atoms with Gasteiger partial charge in [0.15, 0.2) is 0 Å². The largest absolute Gasteiger partial charge is 0.355 e. The molecule has 0 aliphatic carbocycles. The summed E-state index contributed by atoms with van der Waals surface area (Å²) in [5, 5.41) is 11.0. The molecule has 0 atom stereocenters. The second kappa shape index (κ2) is 12.4. The van der Waals surface area contributed by atoms with E-state index in [-0.39, 0.29) is 24.9 Å². The van der Waals surface area contributed by atoms with E-state index in [2.05, 4.69) is 71.3 Å². The number of carbonyl (C=O) groups is 2. The van der Waals surface area contributed by atoms with Crippen molar-refractivity contribution in [3.63, 3.8) is 0 Å². The molecule has 0 bridgehead atoms. The molecule has 1 aromatic heterocycles. The zero-order chi connectivity index (χ0) is 26.4. The normalized spacial score (nSPS) is 13.0. The van der Waals surface area contributed by atoms with Crippen LogP contribution in [0.3, 0.4) is 0 Å². The molecule has 6 nitrogen and oxygen atoms in total. The Balaban J connectivity index is 1.50. The maximum Gasteiger partial charge on any atom is 0.256 e. The minimum absolute atomic E-state index is 0.0410. The number of fused-ring (bicyclic) bond motifs is 1. The molecule has 4 rings (SSSR count). The number of hydrogen-bond donors (Lipinski definition) is 1. The lowest BCUT2D eigenvalue weighted by molar-refractivity contribution is -0.145. The Morgan fingerprint density at radius 2 is 1.76 bits per heavy atom. The van der Waals surface area contributed by atoms with Crippen LogP contribution >= 0.6 is 11.3 Å². The Labute approximate surface area is 224 Å². The van der Waals surface area contributed by atoms with E-state index in [9.17, 15) is 9.59 Å². The van der Waals surface area contributed by atoms with Crippen LogP contribution in [0.25, 0.3) is 11.1 Å². The number of benzene rings is 2. The SMILES string of the molecule is Cc1ccc(-c2ccsc2)cc1N(CC(=O)NCCCC(C)C)CC(=O)N(C)N1Cc2ccccc2C1. The van der Waals surface area contributed by atoms with Crippen LogP contribution < -0.4 is 10.2 Å². The molecule has 196 valence electrons. The van der Waals surface area contributed by atoms with E-state index in [1.165, 1.54) is 11.1 Å². The average molecular weight is 519 g/mol. The van der Waals surface area contributed by atoms with Crippen LogP contribution in [0.15, 0.2) is 59.3 Å². The number of aryl methyl sites for hydroxylation is 1. The standard InChI is InChI=1S/C30H38N4O2S/c1-22(2)8-7-14-31-29(35)19-33(28-16-24(12-11-23(28)3)27-13-15-37-21-27)20-30(36)32(4)34-17-25-9-5-6-10-26(25)18-34/h5-6,9-13,15-16,21-22H,7-8,14,17-20H2,1-4H3,(H,31,35). The summed E-state index contributed by atoms with van der Waals surface area (Å²) < 4.78 is 0. The molecule has 0 saturated carbocycles. The minimum Gasteiger partial charge on any atom is -0.355 e. The van der Waals surface area contributed by atoms with Gasteiger partial charge in [0.25, 0.3) is 5.91 Å². The van der Waals surface area contributed by atoms with E-state index in [1.54, 1.807) is 16.3 Å². The second-order valence-corrected chi connectivity index (χ2v) is 11.0. The molecular weight excluding hydrogens is 480 g/mol. The van der Waals surface area contributed by atoms with Crippen molar-refractivity contribution in [2.75, 3.05) is 31.6 Å². The highest BCUT2D eigenvalue weighted by molar-refractivity contribution is 7.08. The van der Waals surface area contributed by atoms with E-state index in [4.69, 9.17) is 0 Å². The summed E-state index contributed by atoms with van der Waals surface area (Å²) in [5.74, 6) is 0.509. The van der Waals surface area contributed by atoms with Crippen molar-refractivity contribution in [3.05, 3.63) is 76.0 Å². The lowest BCUT2D eigenvalue weighted by atomic mass is 10.0. The summed E-state index contributed by atoms with van der Waals surface area (Å²) in [5.41, 5.74) is 6.67. The molecule has 0 saturated heterocycles. The Hall–Kier alpha value is -3.16. The monoisotopic (exact) mass is 518 g/mol. The molecule has 3 aromatic rings. The fourth-order valence-electron chi connectivity index (χ4n) is 4.70. The molecule has 2 heterocycles. The van der Waals surface area contributed by atoms with Crippen LogP contribution in [0.1, 0.15) is 43.4 Å². The maximum atomic E-state index is 13.5. The van der Waals surface area contributed by atoms with Crippen LogP contribution in [-0.4, -0.2) is 48.5 Å². The predicted octanol–water partition coefficient (Wildman–Crippen LogP) is 5.47. The van der Waals surface area contributed by atoms with Gasteiger partial charge in [-0.25, -0.2) is 5.01 Å². The number of likely N-dealkylation sites (N-methyl/N-ethyl adjacent to an activating group) is 1. The quantitative estimate of drug-likeness (QED) is 0.342. The number of nitrogens with one attached hydrogen (secondary N) is 1. The highest BCUT2D eigenvalue weighted by Crippen LogP contribution is 2.30. The van der Waals surface area contributed by atoms with Gasteiger partial charge in [-0.3, -0.25) is 14.6 Å². The molecular formula is C30H38N4O2S. The summed E-state index contributed by atoms with van der Waals surface area (Å²) >= 11 is 1.66. The molecule has 1 N–H and O–H groups in total. The molecule has 0 radical (unpaired) electrons. The van der Waals surface area contributed by atoms with E-state index >= 15 is 0 Å². The molecule has 1 aliphatic rings. The topological polar surface area (TPSA) is 55.9 Å². The summed E-state index contributed by atoms with van der Waals surface area (Å²) in [7, 11) is 1.83. The Bertz CT molecular complexity index is 1180. The third kappa shape index (κ3) is 6.99. The highest BCUT2D eigenvalue weighted by atomic mass is 32.1. The van der Waals surface area contributed by atoms with Gasteiger partial charge in [0.2, 0.25) is 5.91 Å². The Morgan fingerprint density at radius 1 is 1.03 bits per heavy atom. The second-order valence-electron chi connectivity index (χ2n) is 10.3.